The number of benzene rings is 1. The van der Waals surface area contributed by atoms with Crippen LogP contribution in [0.4, 0.5) is 5.69 Å². The van der Waals surface area contributed by atoms with Gasteiger partial charge < -0.3 is 10.6 Å². The van der Waals surface area contributed by atoms with Crippen LogP contribution in [0.3, 0.4) is 0 Å². The second-order valence-corrected chi connectivity index (χ2v) is 7.84. The van der Waals surface area contributed by atoms with Crippen molar-refractivity contribution in [1.29, 1.82) is 0 Å². The maximum Gasteiger partial charge on any atom is 0.253 e. The van der Waals surface area contributed by atoms with Gasteiger partial charge >= 0.3 is 0 Å². The van der Waals surface area contributed by atoms with E-state index >= 15 is 0 Å². The van der Waals surface area contributed by atoms with Gasteiger partial charge in [0.2, 0.25) is 5.91 Å². The van der Waals surface area contributed by atoms with Crippen LogP contribution in [0.1, 0.15) is 44.5 Å². The molecular formula is C20H31N3O2. The molecule has 0 saturated carbocycles. The Kier molecular flexibility index (Phi) is 7.00. The molecule has 1 saturated heterocycles. The minimum atomic E-state index is -0.148. The minimum Gasteiger partial charge on any atom is -0.352 e. The highest BCUT2D eigenvalue weighted by Crippen LogP contribution is 2.21. The normalized spacial score (nSPS) is 21.2. The molecule has 2 rings (SSSR count). The summed E-state index contributed by atoms with van der Waals surface area (Å²) in [6, 6.07) is 7.17. The predicted octanol–water partition coefficient (Wildman–Crippen LogP) is 2.99. The summed E-state index contributed by atoms with van der Waals surface area (Å²) >= 11 is 0. The van der Waals surface area contributed by atoms with Crippen LogP contribution in [0, 0.1) is 17.8 Å². The minimum absolute atomic E-state index is 0.0644. The molecule has 5 nitrogen and oxygen atoms in total. The molecule has 25 heavy (non-hydrogen) atoms. The fourth-order valence-corrected chi connectivity index (χ4v) is 3.50. The molecule has 0 aromatic heterocycles. The summed E-state index contributed by atoms with van der Waals surface area (Å²) in [6.45, 7) is 11.5. The number of nitrogens with zero attached hydrogens (tertiary/aromatic N) is 1. The number of carbonyl (C=O) groups is 2. The quantitative estimate of drug-likeness (QED) is 0.833. The molecule has 0 spiro atoms. The van der Waals surface area contributed by atoms with Crippen LogP contribution in [0.5, 0.6) is 0 Å². The molecular weight excluding hydrogens is 314 g/mol. The van der Waals surface area contributed by atoms with E-state index in [1.807, 2.05) is 12.1 Å². The van der Waals surface area contributed by atoms with Crippen molar-refractivity contribution < 1.29 is 9.59 Å². The molecule has 0 radical (unpaired) electrons. The van der Waals surface area contributed by atoms with Crippen molar-refractivity contribution in [3.8, 4) is 0 Å². The Bertz CT molecular complexity index is 590. The third-order valence-corrected chi connectivity index (χ3v) is 4.43. The number of carbonyl (C=O) groups excluding carboxylic acids is 2. The number of para-hydroxylation sites is 1. The maximum absolute atomic E-state index is 12.5. The van der Waals surface area contributed by atoms with Crippen molar-refractivity contribution in [2.75, 3.05) is 31.5 Å². The van der Waals surface area contributed by atoms with E-state index in [9.17, 15) is 9.59 Å². The summed E-state index contributed by atoms with van der Waals surface area (Å²) < 4.78 is 0. The zero-order valence-corrected chi connectivity index (χ0v) is 15.8. The van der Waals surface area contributed by atoms with Gasteiger partial charge in [0.1, 0.15) is 0 Å². The lowest BCUT2D eigenvalue weighted by molar-refractivity contribution is -0.117. The summed E-state index contributed by atoms with van der Waals surface area (Å²) in [6.07, 6.45) is 1.22. The molecule has 2 N–H and O–H groups in total. The average molecular weight is 345 g/mol. The third-order valence-electron chi connectivity index (χ3n) is 4.43. The molecule has 1 heterocycles. The molecule has 2 amide bonds. The Morgan fingerprint density at radius 1 is 1.16 bits per heavy atom. The number of rotatable bonds is 6. The Hall–Kier alpha value is -1.88. The zero-order chi connectivity index (χ0) is 18.4. The molecule has 1 aromatic carbocycles. The summed E-state index contributed by atoms with van der Waals surface area (Å²) in [7, 11) is 0. The van der Waals surface area contributed by atoms with Crippen molar-refractivity contribution in [3.63, 3.8) is 0 Å². The van der Waals surface area contributed by atoms with Crippen molar-refractivity contribution in [3.05, 3.63) is 29.8 Å². The average Bonchev–Trinajstić information content (AvgIpc) is 2.52. The van der Waals surface area contributed by atoms with Crippen LogP contribution in [0.15, 0.2) is 24.3 Å². The summed E-state index contributed by atoms with van der Waals surface area (Å²) in [5, 5.41) is 5.82. The van der Waals surface area contributed by atoms with E-state index in [2.05, 4.69) is 43.2 Å². The number of hydrogen-bond donors (Lipinski definition) is 2. The predicted molar refractivity (Wildman–Crippen MR) is 102 cm³/mol. The highest BCUT2D eigenvalue weighted by atomic mass is 16.2. The number of anilines is 1. The fraction of sp³-hybridized carbons (Fsp3) is 0.600. The molecule has 1 aliphatic rings. The SMILES string of the molecule is CC(C)CNC(=O)c1ccccc1NC(=O)CN1C[C@H](C)C[C@@H](C)C1. The standard InChI is InChI=1S/C20H31N3O2/c1-14(2)10-21-20(25)17-7-5-6-8-18(17)22-19(24)13-23-11-15(3)9-16(4)12-23/h5-8,14-16H,9-13H2,1-4H3,(H,21,25)(H,22,24)/t15-,16-/m1/s1. The van der Waals surface area contributed by atoms with Gasteiger partial charge in [0.05, 0.1) is 17.8 Å². The molecule has 1 fully saturated rings. The second-order valence-electron chi connectivity index (χ2n) is 7.84. The first-order chi connectivity index (χ1) is 11.8. The summed E-state index contributed by atoms with van der Waals surface area (Å²) in [4.78, 5) is 27.0. The first-order valence-corrected chi connectivity index (χ1v) is 9.24. The van der Waals surface area contributed by atoms with E-state index in [4.69, 9.17) is 0 Å². The zero-order valence-electron chi connectivity index (χ0n) is 15.8. The molecule has 0 aliphatic carbocycles. The van der Waals surface area contributed by atoms with Gasteiger partial charge in [0, 0.05) is 19.6 Å². The molecule has 0 bridgehead atoms. The largest absolute Gasteiger partial charge is 0.352 e. The first kappa shape index (κ1) is 19.4. The van der Waals surface area contributed by atoms with Gasteiger partial charge in [0.15, 0.2) is 0 Å². The van der Waals surface area contributed by atoms with Gasteiger partial charge in [-0.1, -0.05) is 39.8 Å². The van der Waals surface area contributed by atoms with Gasteiger partial charge in [-0.05, 0) is 36.3 Å². The molecule has 0 unspecified atom stereocenters. The van der Waals surface area contributed by atoms with Gasteiger partial charge in [-0.3, -0.25) is 14.5 Å². The van der Waals surface area contributed by atoms with Gasteiger partial charge in [0.25, 0.3) is 5.91 Å². The Morgan fingerprint density at radius 2 is 1.80 bits per heavy atom. The number of nitrogens with one attached hydrogen (secondary N) is 2. The first-order valence-electron chi connectivity index (χ1n) is 9.24. The second kappa shape index (κ2) is 8.99. The Balaban J connectivity index is 1.97. The summed E-state index contributed by atoms with van der Waals surface area (Å²) in [5.74, 6) is 1.40. The number of likely N-dealkylation sites (tertiary alicyclic amines) is 1. The van der Waals surface area contributed by atoms with Crippen LogP contribution in [0.25, 0.3) is 0 Å². The lowest BCUT2D eigenvalue weighted by Gasteiger charge is -2.34. The van der Waals surface area contributed by atoms with Crippen molar-refractivity contribution in [2.24, 2.45) is 17.8 Å². The summed E-state index contributed by atoms with van der Waals surface area (Å²) in [5.41, 5.74) is 1.09. The van der Waals surface area contributed by atoms with Crippen LogP contribution in [-0.2, 0) is 4.79 Å². The third kappa shape index (κ3) is 6.16. The molecule has 2 atom stereocenters. The van der Waals surface area contributed by atoms with Crippen LogP contribution >= 0.6 is 0 Å². The van der Waals surface area contributed by atoms with Gasteiger partial charge in [-0.15, -0.1) is 0 Å². The van der Waals surface area contributed by atoms with E-state index < -0.39 is 0 Å². The van der Waals surface area contributed by atoms with Gasteiger partial charge in [-0.2, -0.15) is 0 Å². The maximum atomic E-state index is 12.5. The van der Waals surface area contributed by atoms with E-state index in [-0.39, 0.29) is 11.8 Å². The molecule has 138 valence electrons. The van der Waals surface area contributed by atoms with Crippen LogP contribution < -0.4 is 10.6 Å². The van der Waals surface area contributed by atoms with Gasteiger partial charge in [-0.25, -0.2) is 0 Å². The molecule has 1 aliphatic heterocycles. The topological polar surface area (TPSA) is 61.4 Å². The van der Waals surface area contributed by atoms with E-state index in [1.54, 1.807) is 12.1 Å². The molecule has 5 heteroatoms. The van der Waals surface area contributed by atoms with E-state index in [0.29, 0.717) is 42.1 Å². The highest BCUT2D eigenvalue weighted by molar-refractivity contribution is 6.04. The van der Waals surface area contributed by atoms with E-state index in [1.165, 1.54) is 6.42 Å². The number of hydrogen-bond acceptors (Lipinski definition) is 3. The van der Waals surface area contributed by atoms with Crippen LogP contribution in [-0.4, -0.2) is 42.9 Å². The van der Waals surface area contributed by atoms with Crippen LogP contribution in [0.2, 0.25) is 0 Å². The van der Waals surface area contributed by atoms with Crippen molar-refractivity contribution in [2.45, 2.75) is 34.1 Å². The smallest absolute Gasteiger partial charge is 0.253 e. The van der Waals surface area contributed by atoms with Crippen molar-refractivity contribution >= 4 is 17.5 Å². The lowest BCUT2D eigenvalue weighted by atomic mass is 9.92. The molecule has 1 aromatic rings. The fourth-order valence-electron chi connectivity index (χ4n) is 3.50. The number of amides is 2. The Labute approximate surface area is 151 Å². The highest BCUT2D eigenvalue weighted by Gasteiger charge is 2.23. The van der Waals surface area contributed by atoms with Crippen molar-refractivity contribution in [1.82, 2.24) is 10.2 Å². The lowest BCUT2D eigenvalue weighted by Crippen LogP contribution is -2.43. The monoisotopic (exact) mass is 345 g/mol. The Morgan fingerprint density at radius 3 is 2.44 bits per heavy atom. The number of piperidine rings is 1. The van der Waals surface area contributed by atoms with E-state index in [0.717, 1.165) is 13.1 Å².